The van der Waals surface area contributed by atoms with Gasteiger partial charge < -0.3 is 24.8 Å². The molecule has 1 aromatic carbocycles. The number of hydrogen-bond donors (Lipinski definition) is 2. The topological polar surface area (TPSA) is 120 Å². The van der Waals surface area contributed by atoms with Crippen LogP contribution in [0.4, 0.5) is 9.59 Å². The Morgan fingerprint density at radius 1 is 0.744 bits per heavy atom. The molecule has 2 N–H and O–H groups in total. The Morgan fingerprint density at radius 3 is 1.95 bits per heavy atom. The van der Waals surface area contributed by atoms with Crippen LogP contribution in [0.2, 0.25) is 0 Å². The molecule has 0 bridgehead atoms. The van der Waals surface area contributed by atoms with E-state index >= 15 is 0 Å². The fourth-order valence-corrected chi connectivity index (χ4v) is 3.65. The molecule has 1 rings (SSSR count). The molecule has 9 nitrogen and oxygen atoms in total. The van der Waals surface area contributed by atoms with Crippen LogP contribution in [0.5, 0.6) is 0 Å². The predicted octanol–water partition coefficient (Wildman–Crippen LogP) is 6.23. The molecule has 0 radical (unpaired) electrons. The first-order valence-corrected chi connectivity index (χ1v) is 13.9. The molecule has 0 saturated carbocycles. The summed E-state index contributed by atoms with van der Waals surface area (Å²) < 4.78 is 15.8. The lowest BCUT2D eigenvalue weighted by atomic mass is 10.00. The summed E-state index contributed by atoms with van der Waals surface area (Å²) in [7, 11) is 0. The quantitative estimate of drug-likeness (QED) is 0.143. The lowest BCUT2D eigenvalue weighted by Gasteiger charge is -2.23. The lowest BCUT2D eigenvalue weighted by molar-refractivity contribution is -0.145. The maximum atomic E-state index is 12.9. The second kappa shape index (κ2) is 17.5. The largest absolute Gasteiger partial charge is 0.461 e. The molecule has 0 aliphatic heterocycles. The second-order valence-corrected chi connectivity index (χ2v) is 11.7. The van der Waals surface area contributed by atoms with E-state index in [1.54, 1.807) is 41.5 Å². The Labute approximate surface area is 233 Å². The SMILES string of the molecule is CC(C)(C)OC(=O)NCCCC[C@H](NC(=O)OC(C)(C)C)C(=O)CCCCCCC(=O)OCc1ccccc1. The Balaban J connectivity index is 2.36. The average Bonchev–Trinajstić information content (AvgIpc) is 2.82. The highest BCUT2D eigenvalue weighted by molar-refractivity contribution is 5.87. The van der Waals surface area contributed by atoms with E-state index in [9.17, 15) is 19.2 Å². The molecule has 0 aromatic heterocycles. The van der Waals surface area contributed by atoms with Gasteiger partial charge in [-0.3, -0.25) is 9.59 Å². The van der Waals surface area contributed by atoms with E-state index in [2.05, 4.69) is 10.6 Å². The number of ketones is 1. The third kappa shape index (κ3) is 18.7. The van der Waals surface area contributed by atoms with E-state index in [0.717, 1.165) is 18.4 Å². The number of carbonyl (C=O) groups excluding carboxylic acids is 4. The Hall–Kier alpha value is -3.10. The van der Waals surface area contributed by atoms with Crippen molar-refractivity contribution in [2.45, 2.75) is 123 Å². The van der Waals surface area contributed by atoms with Gasteiger partial charge in [0.2, 0.25) is 0 Å². The van der Waals surface area contributed by atoms with Crippen LogP contribution < -0.4 is 10.6 Å². The first-order valence-electron chi connectivity index (χ1n) is 13.9. The number of ether oxygens (including phenoxy) is 3. The number of Topliss-reactive ketones (excluding diaryl/α,β-unsaturated/α-hetero) is 1. The Kier molecular flexibility index (Phi) is 15.2. The predicted molar refractivity (Wildman–Crippen MR) is 150 cm³/mol. The van der Waals surface area contributed by atoms with Crippen molar-refractivity contribution in [3.63, 3.8) is 0 Å². The van der Waals surface area contributed by atoms with Crippen LogP contribution in [0.1, 0.15) is 105 Å². The minimum atomic E-state index is -0.669. The zero-order valence-electron chi connectivity index (χ0n) is 24.6. The standard InChI is InChI=1S/C30H48N2O7/c1-29(2,3)38-27(35)31-21-15-14-18-24(32-28(36)39-30(4,5)6)25(33)19-12-7-8-13-20-26(34)37-22-23-16-10-9-11-17-23/h9-11,16-17,24H,7-8,12-15,18-22H2,1-6H3,(H,31,35)(H,32,36)/t24-/m0/s1. The smallest absolute Gasteiger partial charge is 0.408 e. The molecule has 1 aromatic rings. The molecule has 0 saturated heterocycles. The van der Waals surface area contributed by atoms with Gasteiger partial charge in [-0.15, -0.1) is 0 Å². The van der Waals surface area contributed by atoms with E-state index in [4.69, 9.17) is 14.2 Å². The summed E-state index contributed by atoms with van der Waals surface area (Å²) in [6.07, 6.45) is 4.28. The third-order valence-corrected chi connectivity index (χ3v) is 5.46. The zero-order valence-corrected chi connectivity index (χ0v) is 24.6. The molecule has 0 unspecified atom stereocenters. The molecule has 0 aliphatic rings. The highest BCUT2D eigenvalue weighted by Crippen LogP contribution is 2.13. The molecule has 2 amide bonds. The highest BCUT2D eigenvalue weighted by atomic mass is 16.6. The van der Waals surface area contributed by atoms with Crippen molar-refractivity contribution >= 4 is 23.9 Å². The summed E-state index contributed by atoms with van der Waals surface area (Å²) in [6.45, 7) is 11.4. The van der Waals surface area contributed by atoms with Crippen molar-refractivity contribution in [3.8, 4) is 0 Å². The number of carbonyl (C=O) groups is 4. The fraction of sp³-hybridized carbons (Fsp3) is 0.667. The van der Waals surface area contributed by atoms with Gasteiger partial charge in [-0.05, 0) is 79.2 Å². The molecule has 220 valence electrons. The minimum Gasteiger partial charge on any atom is -0.461 e. The fourth-order valence-electron chi connectivity index (χ4n) is 3.65. The minimum absolute atomic E-state index is 0.0526. The molecule has 0 spiro atoms. The molecule has 0 heterocycles. The number of nitrogens with one attached hydrogen (secondary N) is 2. The summed E-state index contributed by atoms with van der Waals surface area (Å²) in [5, 5.41) is 5.42. The summed E-state index contributed by atoms with van der Waals surface area (Å²) in [5.41, 5.74) is -0.278. The third-order valence-electron chi connectivity index (χ3n) is 5.46. The van der Waals surface area contributed by atoms with Crippen molar-refractivity contribution in [3.05, 3.63) is 35.9 Å². The Morgan fingerprint density at radius 2 is 1.33 bits per heavy atom. The molecular formula is C30H48N2O7. The summed E-state index contributed by atoms with van der Waals surface area (Å²) in [4.78, 5) is 48.9. The van der Waals surface area contributed by atoms with Crippen LogP contribution in [-0.2, 0) is 30.4 Å². The van der Waals surface area contributed by atoms with Crippen LogP contribution in [-0.4, -0.2) is 47.7 Å². The number of benzene rings is 1. The molecule has 1 atom stereocenters. The molecule has 0 fully saturated rings. The number of esters is 1. The van der Waals surface area contributed by atoms with Crippen molar-refractivity contribution < 1.29 is 33.4 Å². The van der Waals surface area contributed by atoms with Gasteiger partial charge in [0.05, 0.1) is 6.04 Å². The van der Waals surface area contributed by atoms with Crippen molar-refractivity contribution in [1.82, 2.24) is 10.6 Å². The maximum absolute atomic E-state index is 12.9. The van der Waals surface area contributed by atoms with Crippen LogP contribution in [0.3, 0.4) is 0 Å². The van der Waals surface area contributed by atoms with Gasteiger partial charge in [-0.25, -0.2) is 9.59 Å². The van der Waals surface area contributed by atoms with Crippen molar-refractivity contribution in [1.29, 1.82) is 0 Å². The molecular weight excluding hydrogens is 500 g/mol. The van der Waals surface area contributed by atoms with E-state index in [1.807, 2.05) is 30.3 Å². The van der Waals surface area contributed by atoms with Gasteiger partial charge in [-0.2, -0.15) is 0 Å². The number of alkyl carbamates (subject to hydrolysis) is 2. The zero-order chi connectivity index (χ0) is 29.3. The van der Waals surface area contributed by atoms with Gasteiger partial charge >= 0.3 is 18.2 Å². The van der Waals surface area contributed by atoms with Gasteiger partial charge in [0.1, 0.15) is 17.8 Å². The molecule has 9 heteroatoms. The van der Waals surface area contributed by atoms with Crippen LogP contribution in [0.25, 0.3) is 0 Å². The summed E-state index contributed by atoms with van der Waals surface area (Å²) >= 11 is 0. The van der Waals surface area contributed by atoms with Crippen molar-refractivity contribution in [2.75, 3.05) is 6.54 Å². The van der Waals surface area contributed by atoms with Gasteiger partial charge in [0.15, 0.2) is 5.78 Å². The first-order chi connectivity index (χ1) is 18.2. The molecule has 0 aliphatic carbocycles. The second-order valence-electron chi connectivity index (χ2n) is 11.7. The normalized spacial score (nSPS) is 12.3. The first kappa shape index (κ1) is 33.9. The Bertz CT molecular complexity index is 889. The van der Waals surface area contributed by atoms with Gasteiger partial charge in [0, 0.05) is 19.4 Å². The van der Waals surface area contributed by atoms with E-state index in [1.165, 1.54) is 0 Å². The van der Waals surface area contributed by atoms with Gasteiger partial charge in [-0.1, -0.05) is 43.2 Å². The monoisotopic (exact) mass is 548 g/mol. The van der Waals surface area contributed by atoms with Crippen LogP contribution in [0, 0.1) is 0 Å². The molecule has 39 heavy (non-hydrogen) atoms. The lowest BCUT2D eigenvalue weighted by Crippen LogP contribution is -2.43. The van der Waals surface area contributed by atoms with Crippen LogP contribution >= 0.6 is 0 Å². The van der Waals surface area contributed by atoms with Crippen LogP contribution in [0.15, 0.2) is 30.3 Å². The van der Waals surface area contributed by atoms with E-state index in [0.29, 0.717) is 51.5 Å². The summed E-state index contributed by atoms with van der Waals surface area (Å²) in [5.74, 6) is -0.277. The number of rotatable bonds is 16. The maximum Gasteiger partial charge on any atom is 0.408 e. The van der Waals surface area contributed by atoms with Crippen molar-refractivity contribution in [2.24, 2.45) is 0 Å². The van der Waals surface area contributed by atoms with E-state index < -0.39 is 29.4 Å². The number of amides is 2. The van der Waals surface area contributed by atoms with Gasteiger partial charge in [0.25, 0.3) is 0 Å². The summed E-state index contributed by atoms with van der Waals surface area (Å²) in [6, 6.07) is 8.89. The highest BCUT2D eigenvalue weighted by Gasteiger charge is 2.24. The van der Waals surface area contributed by atoms with E-state index in [-0.39, 0.29) is 18.4 Å². The number of unbranched alkanes of at least 4 members (excludes halogenated alkanes) is 4. The average molecular weight is 549 g/mol. The number of hydrogen-bond acceptors (Lipinski definition) is 7.